The van der Waals surface area contributed by atoms with Gasteiger partial charge in [0.15, 0.2) is 5.84 Å². The van der Waals surface area contributed by atoms with E-state index in [1.54, 1.807) is 6.07 Å². The van der Waals surface area contributed by atoms with Crippen LogP contribution in [0.25, 0.3) is 11.0 Å². The topological polar surface area (TPSA) is 116 Å². The van der Waals surface area contributed by atoms with Crippen molar-refractivity contribution in [3.8, 4) is 6.07 Å². The van der Waals surface area contributed by atoms with E-state index in [1.807, 2.05) is 43.3 Å². The Hall–Kier alpha value is -3.66. The molecule has 25 heavy (non-hydrogen) atoms. The number of fused-ring (bicyclic) bond motifs is 1. The van der Waals surface area contributed by atoms with Crippen molar-refractivity contribution in [3.05, 3.63) is 59.9 Å². The summed E-state index contributed by atoms with van der Waals surface area (Å²) in [5.41, 5.74) is 11.6. The fourth-order valence-electron chi connectivity index (χ4n) is 2.55. The van der Waals surface area contributed by atoms with Crippen molar-refractivity contribution in [1.82, 2.24) is 9.55 Å². The fraction of sp³-hybridized carbons (Fsp3) is 0.111. The predicted molar refractivity (Wildman–Crippen MR) is 98.6 cm³/mol. The summed E-state index contributed by atoms with van der Waals surface area (Å²) in [5, 5.41) is 20.0. The van der Waals surface area contributed by atoms with Crippen LogP contribution < -0.4 is 11.2 Å². The molecule has 7 nitrogen and oxygen atoms in total. The smallest absolute Gasteiger partial charge is 0.201 e. The third kappa shape index (κ3) is 3.48. The number of nitrogens with one attached hydrogen (secondary N) is 2. The van der Waals surface area contributed by atoms with E-state index >= 15 is 0 Å². The van der Waals surface area contributed by atoms with Gasteiger partial charge in [-0.15, -0.1) is 0 Å². The zero-order valence-electron chi connectivity index (χ0n) is 13.7. The fourth-order valence-corrected chi connectivity index (χ4v) is 2.55. The van der Waals surface area contributed by atoms with Crippen LogP contribution in [0, 0.1) is 23.7 Å². The van der Waals surface area contributed by atoms with Gasteiger partial charge in [-0.3, -0.25) is 10.8 Å². The van der Waals surface area contributed by atoms with Crippen LogP contribution in [-0.4, -0.2) is 21.1 Å². The normalized spacial score (nSPS) is 11.3. The van der Waals surface area contributed by atoms with Crippen LogP contribution >= 0.6 is 0 Å². The van der Waals surface area contributed by atoms with Gasteiger partial charge in [0.05, 0.1) is 16.7 Å². The van der Waals surface area contributed by atoms with Crippen LogP contribution in [0.15, 0.2) is 53.6 Å². The first-order valence-electron chi connectivity index (χ1n) is 7.67. The van der Waals surface area contributed by atoms with Gasteiger partial charge in [0.2, 0.25) is 5.71 Å². The minimum absolute atomic E-state index is 0.161. The Morgan fingerprint density at radius 2 is 2.08 bits per heavy atom. The van der Waals surface area contributed by atoms with Crippen LogP contribution in [0.3, 0.4) is 0 Å². The standard InChI is InChI=1S/C18H17N7/c1-12-22-15-9-14(23-24-16(10-19)18(20)21)7-8-17(15)25(12)11-13-5-3-2-4-6-13/h2-9,23H,11H2,1H3,(H3,20,21)/b24-16+. The highest BCUT2D eigenvalue weighted by atomic mass is 15.3. The molecule has 0 bridgehead atoms. The summed E-state index contributed by atoms with van der Waals surface area (Å²) in [7, 11) is 0. The molecule has 0 aliphatic rings. The second kappa shape index (κ2) is 6.84. The number of nitriles is 1. The Bertz CT molecular complexity index is 993. The molecule has 3 aromatic rings. The molecule has 0 fully saturated rings. The molecule has 0 saturated carbocycles. The molecule has 0 aliphatic heterocycles. The lowest BCUT2D eigenvalue weighted by Crippen LogP contribution is -2.21. The summed E-state index contributed by atoms with van der Waals surface area (Å²) < 4.78 is 2.15. The largest absolute Gasteiger partial charge is 0.382 e. The van der Waals surface area contributed by atoms with E-state index in [0.29, 0.717) is 5.69 Å². The lowest BCUT2D eigenvalue weighted by Gasteiger charge is -2.07. The molecule has 1 heterocycles. The summed E-state index contributed by atoms with van der Waals surface area (Å²) in [6.07, 6.45) is 0. The summed E-state index contributed by atoms with van der Waals surface area (Å²) in [5.74, 6) is 0.542. The van der Waals surface area contributed by atoms with Crippen LogP contribution in [0.1, 0.15) is 11.4 Å². The number of nitrogens with two attached hydrogens (primary N) is 1. The van der Waals surface area contributed by atoms with Crippen molar-refractivity contribution in [2.75, 3.05) is 5.43 Å². The maximum Gasteiger partial charge on any atom is 0.201 e. The average Bonchev–Trinajstić information content (AvgIpc) is 2.91. The van der Waals surface area contributed by atoms with Gasteiger partial charge in [0.1, 0.15) is 11.9 Å². The van der Waals surface area contributed by atoms with Gasteiger partial charge in [0, 0.05) is 6.54 Å². The second-order valence-corrected chi connectivity index (χ2v) is 5.53. The highest BCUT2D eigenvalue weighted by molar-refractivity contribution is 6.45. The van der Waals surface area contributed by atoms with Gasteiger partial charge in [0.25, 0.3) is 0 Å². The number of imidazole rings is 1. The Labute approximate surface area is 144 Å². The Kier molecular flexibility index (Phi) is 4.44. The molecule has 1 aromatic heterocycles. The number of aromatic nitrogens is 2. The highest BCUT2D eigenvalue weighted by Gasteiger charge is 2.09. The molecule has 0 atom stereocenters. The number of hydrogen-bond acceptors (Lipinski definition) is 5. The molecular weight excluding hydrogens is 314 g/mol. The Balaban J connectivity index is 1.90. The number of nitrogens with zero attached hydrogens (tertiary/aromatic N) is 4. The van der Waals surface area contributed by atoms with Crippen LogP contribution in [0.5, 0.6) is 0 Å². The van der Waals surface area contributed by atoms with Crippen molar-refractivity contribution in [2.24, 2.45) is 10.8 Å². The molecule has 0 unspecified atom stereocenters. The SMILES string of the molecule is Cc1nc2cc(N/N=C(\C#N)C(=N)N)ccc2n1Cc1ccccc1. The van der Waals surface area contributed by atoms with Crippen molar-refractivity contribution >= 4 is 28.3 Å². The van der Waals surface area contributed by atoms with E-state index in [-0.39, 0.29) is 11.5 Å². The number of anilines is 1. The first kappa shape index (κ1) is 16.2. The van der Waals surface area contributed by atoms with Crippen LogP contribution in [0.2, 0.25) is 0 Å². The number of rotatable bonds is 5. The molecule has 4 N–H and O–H groups in total. The van der Waals surface area contributed by atoms with Crippen LogP contribution in [-0.2, 0) is 6.54 Å². The maximum absolute atomic E-state index is 8.87. The van der Waals surface area contributed by atoms with Crippen molar-refractivity contribution in [1.29, 1.82) is 10.7 Å². The van der Waals surface area contributed by atoms with Gasteiger partial charge in [-0.25, -0.2) is 4.98 Å². The Morgan fingerprint density at radius 1 is 1.32 bits per heavy atom. The lowest BCUT2D eigenvalue weighted by molar-refractivity contribution is 0.786. The number of hydrazone groups is 1. The third-order valence-corrected chi connectivity index (χ3v) is 3.78. The van der Waals surface area contributed by atoms with Gasteiger partial charge >= 0.3 is 0 Å². The molecule has 2 aromatic carbocycles. The minimum atomic E-state index is -0.376. The van der Waals surface area contributed by atoms with Gasteiger partial charge < -0.3 is 10.3 Å². The van der Waals surface area contributed by atoms with E-state index in [0.717, 1.165) is 23.4 Å². The summed E-state index contributed by atoms with van der Waals surface area (Å²) in [6, 6.07) is 17.6. The van der Waals surface area contributed by atoms with Gasteiger partial charge in [-0.1, -0.05) is 30.3 Å². The number of amidine groups is 1. The first-order valence-corrected chi connectivity index (χ1v) is 7.67. The van der Waals surface area contributed by atoms with E-state index in [2.05, 4.69) is 32.2 Å². The van der Waals surface area contributed by atoms with Crippen molar-refractivity contribution in [2.45, 2.75) is 13.5 Å². The monoisotopic (exact) mass is 331 g/mol. The molecule has 0 radical (unpaired) electrons. The van der Waals surface area contributed by atoms with Crippen LogP contribution in [0.4, 0.5) is 5.69 Å². The van der Waals surface area contributed by atoms with E-state index in [9.17, 15) is 0 Å². The predicted octanol–water partition coefficient (Wildman–Crippen LogP) is 2.62. The zero-order valence-corrected chi connectivity index (χ0v) is 13.7. The first-order chi connectivity index (χ1) is 12.1. The summed E-state index contributed by atoms with van der Waals surface area (Å²) in [4.78, 5) is 4.59. The zero-order chi connectivity index (χ0) is 17.8. The molecular formula is C18H17N7. The Morgan fingerprint density at radius 3 is 2.76 bits per heavy atom. The quantitative estimate of drug-likeness (QED) is 0.378. The molecule has 7 heteroatoms. The van der Waals surface area contributed by atoms with Crippen molar-refractivity contribution < 1.29 is 0 Å². The minimum Gasteiger partial charge on any atom is -0.382 e. The lowest BCUT2D eigenvalue weighted by atomic mass is 10.2. The van der Waals surface area contributed by atoms with Gasteiger partial charge in [-0.05, 0) is 30.7 Å². The van der Waals surface area contributed by atoms with Crippen molar-refractivity contribution in [3.63, 3.8) is 0 Å². The number of aryl methyl sites for hydroxylation is 1. The van der Waals surface area contributed by atoms with E-state index < -0.39 is 0 Å². The summed E-state index contributed by atoms with van der Waals surface area (Å²) >= 11 is 0. The second-order valence-electron chi connectivity index (χ2n) is 5.53. The molecule has 124 valence electrons. The molecule has 0 amide bonds. The van der Waals surface area contributed by atoms with E-state index in [4.69, 9.17) is 16.4 Å². The molecule has 3 rings (SSSR count). The number of hydrogen-bond donors (Lipinski definition) is 3. The van der Waals surface area contributed by atoms with E-state index in [1.165, 1.54) is 5.56 Å². The third-order valence-electron chi connectivity index (χ3n) is 3.78. The average molecular weight is 331 g/mol. The molecule has 0 spiro atoms. The molecule has 0 saturated heterocycles. The maximum atomic E-state index is 8.87. The number of benzene rings is 2. The van der Waals surface area contributed by atoms with Gasteiger partial charge in [-0.2, -0.15) is 10.4 Å². The molecule has 0 aliphatic carbocycles. The highest BCUT2D eigenvalue weighted by Crippen LogP contribution is 2.21. The summed E-state index contributed by atoms with van der Waals surface area (Å²) in [6.45, 7) is 2.72.